The van der Waals surface area contributed by atoms with E-state index in [-0.39, 0.29) is 36.5 Å². The molecule has 2 bridgehead atoms. The first-order valence-corrected chi connectivity index (χ1v) is 11.6. The van der Waals surface area contributed by atoms with E-state index in [0.29, 0.717) is 18.4 Å². The van der Waals surface area contributed by atoms with E-state index in [0.717, 1.165) is 43.2 Å². The summed E-state index contributed by atoms with van der Waals surface area (Å²) in [6.07, 6.45) is 5.76. The highest BCUT2D eigenvalue weighted by Crippen LogP contribution is 2.48. The van der Waals surface area contributed by atoms with Gasteiger partial charge in [0.05, 0.1) is 11.5 Å². The molecule has 1 aliphatic carbocycles. The lowest BCUT2D eigenvalue weighted by atomic mass is 9.75. The van der Waals surface area contributed by atoms with E-state index in [1.165, 1.54) is 0 Å². The highest BCUT2D eigenvalue weighted by atomic mass is 16.6. The second-order valence-corrected chi connectivity index (χ2v) is 9.49. The normalized spacial score (nSPS) is 25.5. The number of carbonyl (C=O) groups excluding carboxylic acids is 2. The molecule has 0 aromatic heterocycles. The molecule has 5 heteroatoms. The van der Waals surface area contributed by atoms with Crippen LogP contribution in [-0.4, -0.2) is 28.9 Å². The fourth-order valence-corrected chi connectivity index (χ4v) is 5.48. The molecule has 5 rings (SSSR count). The van der Waals surface area contributed by atoms with Crippen LogP contribution in [0.3, 0.4) is 0 Å². The van der Waals surface area contributed by atoms with Crippen molar-refractivity contribution in [3.63, 3.8) is 0 Å². The summed E-state index contributed by atoms with van der Waals surface area (Å²) in [5.41, 5.74) is 2.25. The number of Topliss-reactive ketones (excluding diaryl/α,β-unsaturated/α-hetero) is 1. The zero-order chi connectivity index (χ0) is 22.1. The second kappa shape index (κ2) is 8.43. The number of amides is 1. The number of piperidine rings is 2. The third kappa shape index (κ3) is 3.90. The standard InChI is InChI=1S/C27H28N2O3/c28-18-27(12-13-27)22-9-4-8-20(14-22)25(30)21-15-23-10-5-11-24(16-21)29(23)26(31)32-17-19-6-2-1-3-7-19/h1-4,6-9,14,21,23-24H,5,10-13,15-17H2. The van der Waals surface area contributed by atoms with Gasteiger partial charge in [0.15, 0.2) is 5.78 Å². The number of carbonyl (C=O) groups is 2. The van der Waals surface area contributed by atoms with Crippen LogP contribution in [0, 0.1) is 17.2 Å². The molecule has 0 N–H and O–H groups in total. The van der Waals surface area contributed by atoms with Gasteiger partial charge in [0, 0.05) is 23.6 Å². The van der Waals surface area contributed by atoms with Crippen LogP contribution in [0.2, 0.25) is 0 Å². The van der Waals surface area contributed by atoms with Crippen LogP contribution in [0.5, 0.6) is 0 Å². The van der Waals surface area contributed by atoms with Crippen molar-refractivity contribution in [1.29, 1.82) is 5.26 Å². The van der Waals surface area contributed by atoms with Gasteiger partial charge >= 0.3 is 6.09 Å². The molecule has 164 valence electrons. The largest absolute Gasteiger partial charge is 0.445 e. The lowest BCUT2D eigenvalue weighted by molar-refractivity contribution is 0.00472. The Kier molecular flexibility index (Phi) is 5.46. The molecule has 3 aliphatic rings. The van der Waals surface area contributed by atoms with Crippen LogP contribution in [0.15, 0.2) is 54.6 Å². The number of hydrogen-bond acceptors (Lipinski definition) is 4. The van der Waals surface area contributed by atoms with Crippen molar-refractivity contribution in [3.05, 3.63) is 71.3 Å². The Bertz CT molecular complexity index is 1040. The first-order valence-electron chi connectivity index (χ1n) is 11.6. The maximum atomic E-state index is 13.4. The highest BCUT2D eigenvalue weighted by molar-refractivity contribution is 5.98. The number of nitriles is 1. The molecule has 2 saturated heterocycles. The predicted octanol–water partition coefficient (Wildman–Crippen LogP) is 5.39. The van der Waals surface area contributed by atoms with Crippen molar-refractivity contribution >= 4 is 11.9 Å². The predicted molar refractivity (Wildman–Crippen MR) is 120 cm³/mol. The summed E-state index contributed by atoms with van der Waals surface area (Å²) in [5.74, 6) is 0.0609. The van der Waals surface area contributed by atoms with Crippen LogP contribution in [0.1, 0.15) is 66.4 Å². The van der Waals surface area contributed by atoms with Crippen LogP contribution in [-0.2, 0) is 16.8 Å². The van der Waals surface area contributed by atoms with E-state index in [2.05, 4.69) is 6.07 Å². The molecule has 0 radical (unpaired) electrons. The van der Waals surface area contributed by atoms with Gasteiger partial charge in [-0.3, -0.25) is 4.79 Å². The van der Waals surface area contributed by atoms with Crippen molar-refractivity contribution < 1.29 is 14.3 Å². The Labute approximate surface area is 189 Å². The van der Waals surface area contributed by atoms with E-state index >= 15 is 0 Å². The average Bonchev–Trinajstić information content (AvgIpc) is 3.63. The fraction of sp³-hybridized carbons (Fsp3) is 0.444. The van der Waals surface area contributed by atoms with Gasteiger partial charge in [0.25, 0.3) is 0 Å². The Hall–Kier alpha value is -3.13. The molecule has 2 heterocycles. The van der Waals surface area contributed by atoms with Gasteiger partial charge in [-0.15, -0.1) is 0 Å². The Morgan fingerprint density at radius 1 is 1.03 bits per heavy atom. The molecule has 1 saturated carbocycles. The number of nitrogens with zero attached hydrogens (tertiary/aromatic N) is 2. The van der Waals surface area contributed by atoms with Gasteiger partial charge in [0.2, 0.25) is 0 Å². The summed E-state index contributed by atoms with van der Waals surface area (Å²) in [6.45, 7) is 0.269. The number of benzene rings is 2. The Morgan fingerprint density at radius 2 is 1.75 bits per heavy atom. The molecule has 0 spiro atoms. The van der Waals surface area contributed by atoms with Crippen molar-refractivity contribution in [2.24, 2.45) is 5.92 Å². The minimum absolute atomic E-state index is 0.0526. The van der Waals surface area contributed by atoms with Crippen LogP contribution >= 0.6 is 0 Å². The van der Waals surface area contributed by atoms with E-state index in [1.54, 1.807) is 0 Å². The second-order valence-electron chi connectivity index (χ2n) is 9.49. The average molecular weight is 429 g/mol. The van der Waals surface area contributed by atoms with Gasteiger partial charge in [-0.2, -0.15) is 5.26 Å². The molecule has 2 aromatic rings. The number of rotatable bonds is 5. The van der Waals surface area contributed by atoms with Gasteiger partial charge in [-0.25, -0.2) is 4.79 Å². The van der Waals surface area contributed by atoms with Crippen molar-refractivity contribution in [1.82, 2.24) is 4.90 Å². The smallest absolute Gasteiger partial charge is 0.410 e. The maximum Gasteiger partial charge on any atom is 0.410 e. The Morgan fingerprint density at radius 3 is 2.41 bits per heavy atom. The zero-order valence-electron chi connectivity index (χ0n) is 18.2. The van der Waals surface area contributed by atoms with E-state index in [9.17, 15) is 14.9 Å². The monoisotopic (exact) mass is 428 g/mol. The molecule has 2 unspecified atom stereocenters. The van der Waals surface area contributed by atoms with Gasteiger partial charge in [0.1, 0.15) is 6.61 Å². The third-order valence-corrected chi connectivity index (χ3v) is 7.43. The summed E-state index contributed by atoms with van der Waals surface area (Å²) in [6, 6.07) is 19.9. The summed E-state index contributed by atoms with van der Waals surface area (Å²) in [7, 11) is 0. The molecule has 2 aliphatic heterocycles. The summed E-state index contributed by atoms with van der Waals surface area (Å²) < 4.78 is 5.63. The molecular formula is C27H28N2O3. The summed E-state index contributed by atoms with van der Waals surface area (Å²) in [4.78, 5) is 28.2. The summed E-state index contributed by atoms with van der Waals surface area (Å²) in [5, 5.41) is 9.51. The first-order chi connectivity index (χ1) is 15.6. The van der Waals surface area contributed by atoms with Gasteiger partial charge < -0.3 is 9.64 Å². The number of ether oxygens (including phenoxy) is 1. The minimum Gasteiger partial charge on any atom is -0.445 e. The SMILES string of the molecule is N#CC1(c2cccc(C(=O)C3CC4CCCC(C3)N4C(=O)OCc3ccccc3)c2)CC1. The molecule has 32 heavy (non-hydrogen) atoms. The van der Waals surface area contributed by atoms with Crippen molar-refractivity contribution in [2.45, 2.75) is 69.1 Å². The van der Waals surface area contributed by atoms with Crippen LogP contribution in [0.25, 0.3) is 0 Å². The maximum absolute atomic E-state index is 13.4. The van der Waals surface area contributed by atoms with E-state index in [1.807, 2.05) is 59.5 Å². The molecular weight excluding hydrogens is 400 g/mol. The quantitative estimate of drug-likeness (QED) is 0.598. The van der Waals surface area contributed by atoms with Gasteiger partial charge in [-0.1, -0.05) is 48.5 Å². The number of ketones is 1. The van der Waals surface area contributed by atoms with Crippen molar-refractivity contribution in [2.75, 3.05) is 0 Å². The third-order valence-electron chi connectivity index (χ3n) is 7.43. The lowest BCUT2D eigenvalue weighted by Gasteiger charge is -2.47. The van der Waals surface area contributed by atoms with Crippen LogP contribution in [0.4, 0.5) is 4.79 Å². The summed E-state index contributed by atoms with van der Waals surface area (Å²) >= 11 is 0. The van der Waals surface area contributed by atoms with E-state index in [4.69, 9.17) is 4.74 Å². The molecule has 1 amide bonds. The topological polar surface area (TPSA) is 70.4 Å². The number of fused-ring (bicyclic) bond motifs is 2. The lowest BCUT2D eigenvalue weighted by Crippen LogP contribution is -2.55. The van der Waals surface area contributed by atoms with Crippen LogP contribution < -0.4 is 0 Å². The van der Waals surface area contributed by atoms with Gasteiger partial charge in [-0.05, 0) is 62.1 Å². The molecule has 2 atom stereocenters. The minimum atomic E-state index is -0.390. The van der Waals surface area contributed by atoms with E-state index < -0.39 is 5.41 Å². The Balaban J connectivity index is 1.27. The molecule has 3 fully saturated rings. The molecule has 5 nitrogen and oxygen atoms in total. The zero-order valence-corrected chi connectivity index (χ0v) is 18.2. The first kappa shape index (κ1) is 20.8. The fourth-order valence-electron chi connectivity index (χ4n) is 5.48. The number of hydrogen-bond donors (Lipinski definition) is 0. The molecule has 2 aromatic carbocycles. The highest BCUT2D eigenvalue weighted by Gasteiger charge is 2.46. The van der Waals surface area contributed by atoms with Crippen molar-refractivity contribution in [3.8, 4) is 6.07 Å².